The van der Waals surface area contributed by atoms with Gasteiger partial charge in [0.25, 0.3) is 0 Å². The van der Waals surface area contributed by atoms with Gasteiger partial charge in [0.15, 0.2) is 6.11 Å². The molecule has 0 radical (unpaired) electrons. The summed E-state index contributed by atoms with van der Waals surface area (Å²) in [6.07, 6.45) is 5.03. The molecule has 0 amide bonds. The summed E-state index contributed by atoms with van der Waals surface area (Å²) in [6.45, 7) is 8.57. The molecule has 0 aromatic rings. The van der Waals surface area contributed by atoms with Gasteiger partial charge in [-0.3, -0.25) is 4.89 Å². The van der Waals surface area contributed by atoms with Crippen LogP contribution >= 0.6 is 0 Å². The average Bonchev–Trinajstić information content (AvgIpc) is 2.01. The molecule has 0 aliphatic carbocycles. The second-order valence-electron chi connectivity index (χ2n) is 3.11. The lowest BCUT2D eigenvalue weighted by Gasteiger charge is -2.13. The zero-order chi connectivity index (χ0) is 10.3. The van der Waals surface area contributed by atoms with Gasteiger partial charge >= 0.3 is 5.97 Å². The van der Waals surface area contributed by atoms with Crippen molar-refractivity contribution in [3.63, 3.8) is 0 Å². The molecule has 0 heterocycles. The Kier molecular flexibility index (Phi) is 4.63. The highest BCUT2D eigenvalue weighted by molar-refractivity contribution is 5.82. The lowest BCUT2D eigenvalue weighted by Crippen LogP contribution is -2.17. The number of hydrogen-bond acceptors (Lipinski definition) is 4. The van der Waals surface area contributed by atoms with Crippen molar-refractivity contribution in [3.05, 3.63) is 12.7 Å². The molecule has 0 aromatic carbocycles. The van der Waals surface area contributed by atoms with Crippen LogP contribution in [0.1, 0.15) is 20.8 Å². The lowest BCUT2D eigenvalue weighted by molar-refractivity contribution is -0.300. The topological polar surface area (TPSA) is 44.8 Å². The van der Waals surface area contributed by atoms with Gasteiger partial charge in [-0.15, -0.1) is 0 Å². The van der Waals surface area contributed by atoms with Crippen molar-refractivity contribution in [3.8, 4) is 12.2 Å². The van der Waals surface area contributed by atoms with E-state index in [0.717, 1.165) is 6.08 Å². The molecule has 0 unspecified atom stereocenters. The number of rotatable bonds is 2. The van der Waals surface area contributed by atoms with Crippen molar-refractivity contribution in [1.29, 1.82) is 0 Å². The van der Waals surface area contributed by atoms with Crippen LogP contribution in [0.3, 0.4) is 0 Å². The van der Waals surface area contributed by atoms with Crippen LogP contribution in [-0.2, 0) is 19.3 Å². The maximum absolute atomic E-state index is 10.4. The molecule has 0 fully saturated rings. The minimum atomic E-state index is -0.633. The van der Waals surface area contributed by atoms with E-state index in [4.69, 9.17) is 4.89 Å². The van der Waals surface area contributed by atoms with Crippen LogP contribution in [0.5, 0.6) is 0 Å². The van der Waals surface area contributed by atoms with E-state index < -0.39 is 11.6 Å². The first-order chi connectivity index (χ1) is 5.95. The Morgan fingerprint density at radius 2 is 2.00 bits per heavy atom. The summed E-state index contributed by atoms with van der Waals surface area (Å²) >= 11 is 0. The summed E-state index contributed by atoms with van der Waals surface area (Å²) in [5, 5.41) is 0. The standard InChI is InChI=1S/C9H12O4/c1-5-8(10)11-6-7-12-13-9(2,3)4/h5H,1H2,2-4H3. The van der Waals surface area contributed by atoms with Crippen LogP contribution in [0.4, 0.5) is 0 Å². The number of carbonyl (C=O) groups is 1. The van der Waals surface area contributed by atoms with Crippen LogP contribution in [0.2, 0.25) is 0 Å². The first kappa shape index (κ1) is 11.5. The summed E-state index contributed by atoms with van der Waals surface area (Å²) in [4.78, 5) is 19.6. The Morgan fingerprint density at radius 1 is 1.38 bits per heavy atom. The quantitative estimate of drug-likeness (QED) is 0.214. The molecule has 0 saturated carbocycles. The first-order valence-electron chi connectivity index (χ1n) is 3.63. The predicted molar refractivity (Wildman–Crippen MR) is 46.0 cm³/mol. The second kappa shape index (κ2) is 5.22. The minimum absolute atomic E-state index is 0.447. The second-order valence-corrected chi connectivity index (χ2v) is 3.11. The van der Waals surface area contributed by atoms with E-state index >= 15 is 0 Å². The smallest absolute Gasteiger partial charge is 0.344 e. The summed E-state index contributed by atoms with van der Waals surface area (Å²) < 4.78 is 4.28. The summed E-state index contributed by atoms with van der Waals surface area (Å²) in [5.74, 6) is -0.633. The number of carbonyl (C=O) groups excluding carboxylic acids is 1. The molecule has 0 aliphatic rings. The third kappa shape index (κ3) is 8.44. The van der Waals surface area contributed by atoms with Crippen molar-refractivity contribution in [2.45, 2.75) is 26.4 Å². The third-order valence-electron chi connectivity index (χ3n) is 0.693. The Labute approximate surface area is 77.4 Å². The van der Waals surface area contributed by atoms with Gasteiger partial charge in [0, 0.05) is 6.08 Å². The maximum Gasteiger partial charge on any atom is 0.344 e. The Morgan fingerprint density at radius 3 is 2.46 bits per heavy atom. The minimum Gasteiger partial charge on any atom is -0.365 e. The van der Waals surface area contributed by atoms with E-state index in [1.165, 1.54) is 0 Å². The van der Waals surface area contributed by atoms with Crippen LogP contribution < -0.4 is 0 Å². The molecule has 0 N–H and O–H groups in total. The van der Waals surface area contributed by atoms with E-state index in [1.807, 2.05) is 12.2 Å². The molecule has 0 aromatic heterocycles. The van der Waals surface area contributed by atoms with Crippen molar-refractivity contribution in [2.75, 3.05) is 0 Å². The van der Waals surface area contributed by atoms with Crippen LogP contribution in [0.15, 0.2) is 12.7 Å². The molecule has 0 spiro atoms. The van der Waals surface area contributed by atoms with Gasteiger partial charge in [0.05, 0.1) is 0 Å². The van der Waals surface area contributed by atoms with Crippen molar-refractivity contribution in [2.24, 2.45) is 0 Å². The van der Waals surface area contributed by atoms with Gasteiger partial charge in [-0.2, -0.15) is 4.89 Å². The van der Waals surface area contributed by atoms with Gasteiger partial charge in [-0.05, 0) is 20.8 Å². The fourth-order valence-corrected chi connectivity index (χ4v) is 0.276. The molecule has 0 bridgehead atoms. The normalized spacial score (nSPS) is 9.46. The van der Waals surface area contributed by atoms with E-state index in [9.17, 15) is 4.79 Å². The van der Waals surface area contributed by atoms with Crippen LogP contribution in [-0.4, -0.2) is 11.6 Å². The highest BCUT2D eigenvalue weighted by atomic mass is 17.2. The molecular formula is C9H12O4. The zero-order valence-electron chi connectivity index (χ0n) is 7.92. The monoisotopic (exact) mass is 184 g/mol. The molecule has 0 atom stereocenters. The highest BCUT2D eigenvalue weighted by Gasteiger charge is 2.10. The molecule has 4 heteroatoms. The van der Waals surface area contributed by atoms with Gasteiger partial charge in [-0.1, -0.05) is 6.58 Å². The Bertz CT molecular complexity index is 239. The SMILES string of the molecule is C=CC(=O)OC#COOC(C)(C)C. The predicted octanol–water partition coefficient (Wildman–Crippen LogP) is 1.38. The Balaban J connectivity index is 3.63. The van der Waals surface area contributed by atoms with Crippen molar-refractivity contribution in [1.82, 2.24) is 0 Å². The number of ether oxygens (including phenoxy) is 1. The van der Waals surface area contributed by atoms with Gasteiger partial charge in [-0.25, -0.2) is 4.79 Å². The largest absolute Gasteiger partial charge is 0.365 e. The fraction of sp³-hybridized carbons (Fsp3) is 0.444. The van der Waals surface area contributed by atoms with E-state index in [1.54, 1.807) is 20.8 Å². The first-order valence-corrected chi connectivity index (χ1v) is 3.63. The Hall–Kier alpha value is -1.47. The molecule has 0 saturated heterocycles. The van der Waals surface area contributed by atoms with Crippen molar-refractivity contribution < 1.29 is 19.3 Å². The molecular weight excluding hydrogens is 172 g/mol. The molecule has 0 aliphatic heterocycles. The van der Waals surface area contributed by atoms with Crippen LogP contribution in [0.25, 0.3) is 0 Å². The molecule has 4 nitrogen and oxygen atoms in total. The van der Waals surface area contributed by atoms with Gasteiger partial charge < -0.3 is 4.74 Å². The van der Waals surface area contributed by atoms with E-state index in [0.29, 0.717) is 0 Å². The van der Waals surface area contributed by atoms with Crippen molar-refractivity contribution >= 4 is 5.97 Å². The summed E-state index contributed by atoms with van der Waals surface area (Å²) in [6, 6.07) is 0. The highest BCUT2D eigenvalue weighted by Crippen LogP contribution is 2.05. The van der Waals surface area contributed by atoms with Crippen LogP contribution in [0, 0.1) is 12.2 Å². The molecule has 0 rings (SSSR count). The zero-order valence-corrected chi connectivity index (χ0v) is 7.92. The van der Waals surface area contributed by atoms with E-state index in [2.05, 4.69) is 16.2 Å². The van der Waals surface area contributed by atoms with E-state index in [-0.39, 0.29) is 0 Å². The average molecular weight is 184 g/mol. The van der Waals surface area contributed by atoms with Gasteiger partial charge in [0.2, 0.25) is 6.11 Å². The fourth-order valence-electron chi connectivity index (χ4n) is 0.276. The lowest BCUT2D eigenvalue weighted by atomic mass is 10.2. The third-order valence-corrected chi connectivity index (χ3v) is 0.693. The molecule has 72 valence electrons. The summed E-state index contributed by atoms with van der Waals surface area (Å²) in [7, 11) is 0. The molecule has 13 heavy (non-hydrogen) atoms. The van der Waals surface area contributed by atoms with Gasteiger partial charge in [0.1, 0.15) is 5.60 Å². The number of hydrogen-bond donors (Lipinski definition) is 0. The summed E-state index contributed by atoms with van der Waals surface area (Å²) in [5.41, 5.74) is -0.447. The maximum atomic E-state index is 10.4. The number of esters is 1.